The number of alkyl halides is 4. The summed E-state index contributed by atoms with van der Waals surface area (Å²) >= 11 is 8.20. The summed E-state index contributed by atoms with van der Waals surface area (Å²) in [7, 11) is 0. The topological polar surface area (TPSA) is 38.0 Å². The van der Waals surface area contributed by atoms with Crippen LogP contribution < -0.4 is 0 Å². The molecular formula is C14H8BrClF4N2O. The van der Waals surface area contributed by atoms with Crippen LogP contribution in [-0.4, -0.2) is 10.6 Å². The summed E-state index contributed by atoms with van der Waals surface area (Å²) in [6.45, 7) is -0.509. The molecule has 0 N–H and O–H groups in total. The Hall–Kier alpha value is -1.56. The van der Waals surface area contributed by atoms with Crippen LogP contribution >= 0.6 is 27.5 Å². The summed E-state index contributed by atoms with van der Waals surface area (Å²) in [5, 5.41) is 9.24. The molecule has 0 saturated heterocycles. The molecule has 0 amide bonds. The lowest BCUT2D eigenvalue weighted by molar-refractivity contribution is -0.146. The normalized spacial score (nSPS) is 11.5. The Bertz CT molecular complexity index is 750. The Morgan fingerprint density at radius 1 is 1.26 bits per heavy atom. The zero-order chi connectivity index (χ0) is 17.2. The second-order valence-electron chi connectivity index (χ2n) is 4.37. The second kappa shape index (κ2) is 6.91. The van der Waals surface area contributed by atoms with E-state index in [2.05, 4.69) is 15.9 Å². The van der Waals surface area contributed by atoms with Gasteiger partial charge in [-0.1, -0.05) is 11.6 Å². The highest BCUT2D eigenvalue weighted by Gasteiger charge is 2.40. The van der Waals surface area contributed by atoms with E-state index in [0.29, 0.717) is 0 Å². The highest BCUT2D eigenvalue weighted by molar-refractivity contribution is 9.10. The summed E-state index contributed by atoms with van der Waals surface area (Å²) in [4.78, 5) is 0. The summed E-state index contributed by atoms with van der Waals surface area (Å²) in [6.07, 6.45) is -4.72. The highest BCUT2D eigenvalue weighted by Crippen LogP contribution is 2.43. The Morgan fingerprint density at radius 2 is 1.87 bits per heavy atom. The van der Waals surface area contributed by atoms with Crippen LogP contribution in [-0.2, 0) is 17.6 Å². The molecule has 2 rings (SSSR count). The lowest BCUT2D eigenvalue weighted by atomic mass is 10.1. The van der Waals surface area contributed by atoms with Crippen molar-refractivity contribution in [2.75, 3.05) is 6.07 Å². The molecule has 0 aliphatic rings. The van der Waals surface area contributed by atoms with Gasteiger partial charge < -0.3 is 9.30 Å². The van der Waals surface area contributed by atoms with Crippen molar-refractivity contribution < 1.29 is 22.3 Å². The maximum atomic E-state index is 13.3. The molecular weight excluding hydrogens is 404 g/mol. The van der Waals surface area contributed by atoms with Crippen LogP contribution in [0, 0.1) is 17.1 Å². The van der Waals surface area contributed by atoms with E-state index in [-0.39, 0.29) is 22.9 Å². The van der Waals surface area contributed by atoms with Crippen molar-refractivity contribution in [2.24, 2.45) is 0 Å². The van der Waals surface area contributed by atoms with Gasteiger partial charge in [-0.25, -0.2) is 4.39 Å². The minimum absolute atomic E-state index is 0.0307. The summed E-state index contributed by atoms with van der Waals surface area (Å²) in [5.74, 6) is -0.544. The number of nitrogens with zero attached hydrogens (tertiary/aromatic N) is 2. The van der Waals surface area contributed by atoms with E-state index in [9.17, 15) is 22.8 Å². The van der Waals surface area contributed by atoms with Crippen LogP contribution in [0.25, 0.3) is 11.3 Å². The highest BCUT2D eigenvalue weighted by atomic mass is 79.9. The fourth-order valence-electron chi connectivity index (χ4n) is 2.13. The van der Waals surface area contributed by atoms with Crippen molar-refractivity contribution in [1.29, 1.82) is 5.26 Å². The van der Waals surface area contributed by atoms with Crippen molar-refractivity contribution in [3.63, 3.8) is 0 Å². The van der Waals surface area contributed by atoms with Crippen molar-refractivity contribution >= 4 is 27.5 Å². The van der Waals surface area contributed by atoms with Gasteiger partial charge in [0.25, 0.3) is 0 Å². The van der Waals surface area contributed by atoms with E-state index >= 15 is 0 Å². The molecule has 122 valence electrons. The van der Waals surface area contributed by atoms with Crippen molar-refractivity contribution in [3.05, 3.63) is 45.8 Å². The van der Waals surface area contributed by atoms with Crippen molar-refractivity contribution in [1.82, 2.24) is 4.57 Å². The number of benzene rings is 1. The lowest BCUT2D eigenvalue weighted by Gasteiger charge is -2.15. The van der Waals surface area contributed by atoms with E-state index in [0.717, 1.165) is 16.7 Å². The fourth-order valence-corrected chi connectivity index (χ4v) is 2.91. The molecule has 9 heteroatoms. The third-order valence-corrected chi connectivity index (χ3v) is 3.93. The van der Waals surface area contributed by atoms with Gasteiger partial charge in [0.15, 0.2) is 0 Å². The molecule has 2 aromatic rings. The van der Waals surface area contributed by atoms with Crippen LogP contribution in [0.2, 0.25) is 0 Å². The predicted octanol–water partition coefficient (Wildman–Crippen LogP) is 5.12. The van der Waals surface area contributed by atoms with E-state index < -0.39 is 28.9 Å². The number of halogens is 6. The molecule has 0 aliphatic carbocycles. The molecule has 1 aromatic heterocycles. The first-order chi connectivity index (χ1) is 10.8. The minimum Gasteiger partial charge on any atom is -0.345 e. The third kappa shape index (κ3) is 3.52. The van der Waals surface area contributed by atoms with Crippen LogP contribution in [0.4, 0.5) is 17.6 Å². The Balaban J connectivity index is 2.77. The average molecular weight is 412 g/mol. The first-order valence-corrected chi connectivity index (χ1v) is 7.43. The van der Waals surface area contributed by atoms with E-state index in [1.165, 1.54) is 12.1 Å². The molecule has 23 heavy (non-hydrogen) atoms. The SMILES string of the molecule is N#Cc1c(Br)c(C(F)(F)F)n(COCCl)c1-c1ccc(F)cc1. The van der Waals surface area contributed by atoms with Gasteiger partial charge in [-0.3, -0.25) is 0 Å². The van der Waals surface area contributed by atoms with Gasteiger partial charge in [0.2, 0.25) is 0 Å². The largest absolute Gasteiger partial charge is 0.432 e. The quantitative estimate of drug-likeness (QED) is 0.517. The molecule has 0 bridgehead atoms. The lowest BCUT2D eigenvalue weighted by Crippen LogP contribution is -2.16. The molecule has 3 nitrogen and oxygen atoms in total. The summed E-state index contributed by atoms with van der Waals surface area (Å²) in [5.41, 5.74) is -1.07. The first kappa shape index (κ1) is 17.8. The minimum atomic E-state index is -4.72. The Morgan fingerprint density at radius 3 is 2.35 bits per heavy atom. The molecule has 0 aliphatic heterocycles. The molecule has 1 aromatic carbocycles. The smallest absolute Gasteiger partial charge is 0.345 e. The average Bonchev–Trinajstić information content (AvgIpc) is 2.77. The number of hydrogen-bond donors (Lipinski definition) is 0. The van der Waals surface area contributed by atoms with Gasteiger partial charge in [0.05, 0.1) is 15.7 Å². The molecule has 0 spiro atoms. The Labute approximate surface area is 142 Å². The predicted molar refractivity (Wildman–Crippen MR) is 79.0 cm³/mol. The van der Waals surface area contributed by atoms with Crippen LogP contribution in [0.5, 0.6) is 0 Å². The zero-order valence-corrected chi connectivity index (χ0v) is 13.6. The van der Waals surface area contributed by atoms with Crippen LogP contribution in [0.15, 0.2) is 28.7 Å². The third-order valence-electron chi connectivity index (χ3n) is 3.00. The molecule has 0 radical (unpaired) electrons. The van der Waals surface area contributed by atoms with Crippen LogP contribution in [0.1, 0.15) is 11.3 Å². The van der Waals surface area contributed by atoms with Crippen molar-refractivity contribution in [3.8, 4) is 17.3 Å². The van der Waals surface area contributed by atoms with Gasteiger partial charge >= 0.3 is 6.18 Å². The van der Waals surface area contributed by atoms with Crippen LogP contribution in [0.3, 0.4) is 0 Å². The zero-order valence-electron chi connectivity index (χ0n) is 11.3. The van der Waals surface area contributed by atoms with Gasteiger partial charge in [0, 0.05) is 0 Å². The van der Waals surface area contributed by atoms with E-state index in [4.69, 9.17) is 16.3 Å². The summed E-state index contributed by atoms with van der Waals surface area (Å²) < 4.78 is 58.3. The molecule has 0 atom stereocenters. The molecule has 0 saturated carbocycles. The van der Waals surface area contributed by atoms with Gasteiger partial charge in [-0.05, 0) is 45.8 Å². The number of aromatic nitrogens is 1. The maximum absolute atomic E-state index is 13.3. The number of hydrogen-bond acceptors (Lipinski definition) is 2. The number of ether oxygens (including phenoxy) is 1. The monoisotopic (exact) mass is 410 g/mol. The van der Waals surface area contributed by atoms with Gasteiger partial charge in [-0.2, -0.15) is 18.4 Å². The van der Waals surface area contributed by atoms with Gasteiger partial charge in [0.1, 0.15) is 30.4 Å². The fraction of sp³-hybridized carbons (Fsp3) is 0.214. The molecule has 1 heterocycles. The van der Waals surface area contributed by atoms with Gasteiger partial charge in [-0.15, -0.1) is 0 Å². The van der Waals surface area contributed by atoms with Crippen molar-refractivity contribution in [2.45, 2.75) is 12.9 Å². The second-order valence-corrected chi connectivity index (χ2v) is 5.38. The molecule has 0 unspecified atom stereocenters. The molecule has 0 fully saturated rings. The maximum Gasteiger partial charge on any atom is 0.432 e. The standard InChI is InChI=1S/C14H8BrClF4N2O/c15-11-10(5-21)12(8-1-3-9(17)4-2-8)22(7-23-6-16)13(11)14(18,19)20/h1-4H,6-7H2. The first-order valence-electron chi connectivity index (χ1n) is 6.10. The number of rotatable bonds is 4. The Kier molecular flexibility index (Phi) is 5.34. The summed E-state index contributed by atoms with van der Waals surface area (Å²) in [6, 6.07) is 6.18. The van der Waals surface area contributed by atoms with E-state index in [1.807, 2.05) is 0 Å². The van der Waals surface area contributed by atoms with E-state index in [1.54, 1.807) is 6.07 Å². The number of nitriles is 1.